The molecule has 9 nitrogen and oxygen atoms in total. The molecule has 1 fully saturated rings. The van der Waals surface area contributed by atoms with Gasteiger partial charge < -0.3 is 19.7 Å². The lowest BCUT2D eigenvalue weighted by molar-refractivity contribution is -0.141. The van der Waals surface area contributed by atoms with Crippen LogP contribution >= 0.6 is 0 Å². The Morgan fingerprint density at radius 1 is 0.932 bits per heavy atom. The van der Waals surface area contributed by atoms with Gasteiger partial charge in [-0.1, -0.05) is 54.6 Å². The zero-order valence-corrected chi connectivity index (χ0v) is 26.4. The van der Waals surface area contributed by atoms with E-state index in [2.05, 4.69) is 10.0 Å². The Balaban J connectivity index is 1.52. The van der Waals surface area contributed by atoms with Crippen LogP contribution in [-0.4, -0.2) is 64.1 Å². The lowest BCUT2D eigenvalue weighted by atomic mass is 10.0. The number of methoxy groups -OCH3 is 1. The van der Waals surface area contributed by atoms with E-state index in [1.54, 1.807) is 36.3 Å². The molecule has 0 saturated heterocycles. The number of amides is 2. The number of sulfonamides is 1. The van der Waals surface area contributed by atoms with Crippen LogP contribution in [0.2, 0.25) is 0 Å². The summed E-state index contributed by atoms with van der Waals surface area (Å²) < 4.78 is 38.5. The third-order valence-corrected chi connectivity index (χ3v) is 9.05. The van der Waals surface area contributed by atoms with Crippen LogP contribution in [0.25, 0.3) is 0 Å². The Labute approximate surface area is 261 Å². The topological polar surface area (TPSA) is 114 Å². The fourth-order valence-electron chi connectivity index (χ4n) is 4.85. The Kier molecular flexibility index (Phi) is 12.3. The van der Waals surface area contributed by atoms with Crippen LogP contribution in [0.5, 0.6) is 5.75 Å². The molecule has 236 valence electrons. The molecule has 2 amide bonds. The Morgan fingerprint density at radius 3 is 2.25 bits per heavy atom. The smallest absolute Gasteiger partial charge is 0.243 e. The minimum Gasteiger partial charge on any atom is -0.497 e. The molecule has 0 spiro atoms. The average Bonchev–Trinajstić information content (AvgIpc) is 3.85. The van der Waals surface area contributed by atoms with Crippen molar-refractivity contribution in [2.45, 2.75) is 69.0 Å². The summed E-state index contributed by atoms with van der Waals surface area (Å²) in [6.07, 6.45) is 3.33. The molecular weight excluding hydrogens is 578 g/mol. The minimum absolute atomic E-state index is 0.0275. The van der Waals surface area contributed by atoms with Crippen LogP contribution in [0, 0.1) is 0 Å². The summed E-state index contributed by atoms with van der Waals surface area (Å²) in [4.78, 5) is 29.5. The number of nitrogens with zero attached hydrogens (tertiary/aromatic N) is 1. The molecule has 0 bridgehead atoms. The molecule has 0 aromatic heterocycles. The van der Waals surface area contributed by atoms with Crippen molar-refractivity contribution in [3.05, 3.63) is 95.6 Å². The van der Waals surface area contributed by atoms with Crippen LogP contribution in [-0.2, 0) is 43.7 Å². The molecule has 3 aromatic rings. The predicted octanol–water partition coefficient (Wildman–Crippen LogP) is 4.25. The molecule has 0 radical (unpaired) electrons. The van der Waals surface area contributed by atoms with E-state index in [-0.39, 0.29) is 35.7 Å². The molecule has 2 N–H and O–H groups in total. The first-order valence-electron chi connectivity index (χ1n) is 15.2. The van der Waals surface area contributed by atoms with Gasteiger partial charge in [0.1, 0.15) is 11.8 Å². The second-order valence-electron chi connectivity index (χ2n) is 11.0. The van der Waals surface area contributed by atoms with Gasteiger partial charge in [0.05, 0.1) is 12.0 Å². The number of rotatable bonds is 18. The summed E-state index contributed by atoms with van der Waals surface area (Å²) in [6.45, 7) is 3.78. The van der Waals surface area contributed by atoms with E-state index >= 15 is 0 Å². The summed E-state index contributed by atoms with van der Waals surface area (Å²) in [5.41, 5.74) is 2.67. The van der Waals surface area contributed by atoms with E-state index in [0.717, 1.165) is 29.5 Å². The van der Waals surface area contributed by atoms with Crippen molar-refractivity contribution in [2.24, 2.45) is 0 Å². The third-order valence-electron chi connectivity index (χ3n) is 7.51. The second-order valence-corrected chi connectivity index (χ2v) is 12.7. The van der Waals surface area contributed by atoms with Crippen molar-refractivity contribution in [2.75, 3.05) is 26.9 Å². The van der Waals surface area contributed by atoms with Crippen LogP contribution in [0.3, 0.4) is 0 Å². The molecule has 4 rings (SSSR count). The highest BCUT2D eigenvalue weighted by Crippen LogP contribution is 2.23. The fourth-order valence-corrected chi connectivity index (χ4v) is 6.15. The summed E-state index contributed by atoms with van der Waals surface area (Å²) in [6, 6.07) is 23.1. The number of nitrogens with one attached hydrogen (secondary N) is 2. The van der Waals surface area contributed by atoms with Crippen LogP contribution in [0.4, 0.5) is 0 Å². The van der Waals surface area contributed by atoms with Crippen molar-refractivity contribution in [3.63, 3.8) is 0 Å². The monoisotopic (exact) mass is 621 g/mol. The van der Waals surface area contributed by atoms with Gasteiger partial charge in [0.25, 0.3) is 0 Å². The highest BCUT2D eigenvalue weighted by atomic mass is 32.2. The third kappa shape index (κ3) is 10.2. The van der Waals surface area contributed by atoms with E-state index in [4.69, 9.17) is 9.47 Å². The lowest BCUT2D eigenvalue weighted by Gasteiger charge is -2.32. The maximum absolute atomic E-state index is 13.9. The van der Waals surface area contributed by atoms with Crippen LogP contribution < -0.4 is 14.8 Å². The number of aryl methyl sites for hydroxylation is 1. The number of carbonyl (C=O) groups is 2. The van der Waals surface area contributed by atoms with E-state index in [1.807, 2.05) is 61.5 Å². The van der Waals surface area contributed by atoms with E-state index in [1.165, 1.54) is 0 Å². The van der Waals surface area contributed by atoms with E-state index in [0.29, 0.717) is 44.8 Å². The summed E-state index contributed by atoms with van der Waals surface area (Å²) in [5.74, 6) is 0.320. The Hall–Kier alpha value is -3.73. The molecule has 1 aliphatic carbocycles. The number of carbonyl (C=O) groups excluding carboxylic acids is 2. The van der Waals surface area contributed by atoms with Gasteiger partial charge >= 0.3 is 0 Å². The number of hydrogen-bond acceptors (Lipinski definition) is 6. The highest BCUT2D eigenvalue weighted by molar-refractivity contribution is 7.89. The van der Waals surface area contributed by atoms with Gasteiger partial charge in [0.2, 0.25) is 21.8 Å². The van der Waals surface area contributed by atoms with Gasteiger partial charge in [0.15, 0.2) is 0 Å². The molecule has 0 heterocycles. The van der Waals surface area contributed by atoms with Crippen molar-refractivity contribution in [1.29, 1.82) is 0 Å². The summed E-state index contributed by atoms with van der Waals surface area (Å²) >= 11 is 0. The fraction of sp³-hybridized carbons (Fsp3) is 0.412. The summed E-state index contributed by atoms with van der Waals surface area (Å²) in [7, 11) is -1.95. The van der Waals surface area contributed by atoms with Crippen molar-refractivity contribution in [3.8, 4) is 5.75 Å². The van der Waals surface area contributed by atoms with Gasteiger partial charge in [-0.3, -0.25) is 9.59 Å². The molecule has 44 heavy (non-hydrogen) atoms. The number of hydrogen-bond donors (Lipinski definition) is 2. The maximum atomic E-state index is 13.9. The van der Waals surface area contributed by atoms with Gasteiger partial charge in [-0.2, -0.15) is 0 Å². The SMILES string of the molecule is CCOCCCNC(=O)[C@@H](Cc1ccccc1)N(Cc1ccc(OC)cc1)C(=O)CCc1ccc(S(=O)(=O)NC2CC2)cc1. The minimum atomic E-state index is -3.55. The van der Waals surface area contributed by atoms with Gasteiger partial charge in [0, 0.05) is 45.2 Å². The van der Waals surface area contributed by atoms with Gasteiger partial charge in [-0.15, -0.1) is 0 Å². The van der Waals surface area contributed by atoms with Crippen LogP contribution in [0.15, 0.2) is 83.8 Å². The number of benzene rings is 3. The molecule has 1 atom stereocenters. The van der Waals surface area contributed by atoms with Crippen molar-refractivity contribution in [1.82, 2.24) is 14.9 Å². The predicted molar refractivity (Wildman–Crippen MR) is 170 cm³/mol. The Morgan fingerprint density at radius 2 is 1.61 bits per heavy atom. The first-order valence-corrected chi connectivity index (χ1v) is 16.7. The zero-order valence-electron chi connectivity index (χ0n) is 25.5. The standard InChI is InChI=1S/C34H43N3O6S/c1-3-43-23-7-22-35-34(39)32(24-27-8-5-4-6-9-27)37(25-28-10-17-30(42-2)18-11-28)33(38)21-14-26-12-19-31(20-13-26)44(40,41)36-29-15-16-29/h4-6,8-13,17-20,29,32,36H,3,7,14-16,21-25H2,1-2H3,(H,35,39)/t32-/m1/s1. The van der Waals surface area contributed by atoms with Gasteiger partial charge in [-0.05, 0) is 73.6 Å². The molecule has 0 unspecified atom stereocenters. The molecule has 10 heteroatoms. The largest absolute Gasteiger partial charge is 0.497 e. The second kappa shape index (κ2) is 16.4. The van der Waals surface area contributed by atoms with Crippen LogP contribution in [0.1, 0.15) is 49.3 Å². The molecule has 0 aliphatic heterocycles. The quantitative estimate of drug-likeness (QED) is 0.205. The maximum Gasteiger partial charge on any atom is 0.243 e. The van der Waals surface area contributed by atoms with E-state index < -0.39 is 16.1 Å². The molecule has 1 saturated carbocycles. The molecule has 1 aliphatic rings. The lowest BCUT2D eigenvalue weighted by Crippen LogP contribution is -2.50. The zero-order chi connectivity index (χ0) is 31.4. The highest BCUT2D eigenvalue weighted by Gasteiger charge is 2.30. The van der Waals surface area contributed by atoms with Crippen molar-refractivity contribution >= 4 is 21.8 Å². The normalized spacial score (nSPS) is 13.7. The van der Waals surface area contributed by atoms with E-state index in [9.17, 15) is 18.0 Å². The number of ether oxygens (including phenoxy) is 2. The first-order chi connectivity index (χ1) is 21.3. The average molecular weight is 622 g/mol. The first kappa shape index (κ1) is 33.2. The Bertz CT molecular complexity index is 1440. The van der Waals surface area contributed by atoms with Gasteiger partial charge in [-0.25, -0.2) is 13.1 Å². The van der Waals surface area contributed by atoms with Crippen molar-refractivity contribution < 1.29 is 27.5 Å². The summed E-state index contributed by atoms with van der Waals surface area (Å²) in [5, 5.41) is 3.02. The molecular formula is C34H43N3O6S. The molecule has 3 aromatic carbocycles.